The van der Waals surface area contributed by atoms with Crippen molar-refractivity contribution in [2.75, 3.05) is 6.61 Å². The third kappa shape index (κ3) is 3.38. The van der Waals surface area contributed by atoms with Crippen molar-refractivity contribution in [2.45, 2.75) is 36.3 Å². The second-order valence-electron chi connectivity index (χ2n) is 7.22. The van der Waals surface area contributed by atoms with E-state index in [2.05, 4.69) is 5.16 Å². The number of hydrogen-bond donors (Lipinski definition) is 0. The van der Waals surface area contributed by atoms with Crippen LogP contribution in [0.25, 0.3) is 11.3 Å². The Morgan fingerprint density at radius 1 is 1.03 bits per heavy atom. The quantitative estimate of drug-likeness (QED) is 0.532. The van der Waals surface area contributed by atoms with Gasteiger partial charge in [0.15, 0.2) is 15.6 Å². The maximum Gasteiger partial charge on any atom is 0.192 e. The van der Waals surface area contributed by atoms with Gasteiger partial charge in [0, 0.05) is 11.6 Å². The summed E-state index contributed by atoms with van der Waals surface area (Å²) < 4.78 is 37.1. The van der Waals surface area contributed by atoms with Gasteiger partial charge in [0.05, 0.1) is 11.5 Å². The molecule has 0 atom stereocenters. The van der Waals surface area contributed by atoms with Gasteiger partial charge in [-0.1, -0.05) is 35.0 Å². The minimum Gasteiger partial charge on any atom is -0.494 e. The molecule has 1 aliphatic carbocycles. The summed E-state index contributed by atoms with van der Waals surface area (Å²) in [6.07, 6.45) is 4.51. The predicted molar refractivity (Wildman–Crippen MR) is 112 cm³/mol. The van der Waals surface area contributed by atoms with E-state index in [1.165, 1.54) is 0 Å². The lowest BCUT2D eigenvalue weighted by Crippen LogP contribution is -2.33. The molecule has 1 aromatic heterocycles. The van der Waals surface area contributed by atoms with Gasteiger partial charge in [0.25, 0.3) is 0 Å². The van der Waals surface area contributed by atoms with Crippen molar-refractivity contribution in [2.24, 2.45) is 0 Å². The minimum absolute atomic E-state index is 0.297. The van der Waals surface area contributed by atoms with Gasteiger partial charge in [-0.2, -0.15) is 0 Å². The van der Waals surface area contributed by atoms with Gasteiger partial charge in [0.1, 0.15) is 16.2 Å². The lowest BCUT2D eigenvalue weighted by Gasteiger charge is -2.26. The van der Waals surface area contributed by atoms with Crippen LogP contribution in [-0.4, -0.2) is 20.2 Å². The van der Waals surface area contributed by atoms with Gasteiger partial charge in [-0.3, -0.25) is 0 Å². The summed E-state index contributed by atoms with van der Waals surface area (Å²) in [7, 11) is -3.67. The summed E-state index contributed by atoms with van der Waals surface area (Å²) in [5.41, 5.74) is 2.46. The van der Waals surface area contributed by atoms with E-state index in [0.29, 0.717) is 35.8 Å². The van der Waals surface area contributed by atoms with Crippen molar-refractivity contribution >= 4 is 9.84 Å². The lowest BCUT2D eigenvalue weighted by atomic mass is 10.0. The van der Waals surface area contributed by atoms with Crippen molar-refractivity contribution in [3.05, 3.63) is 78.1 Å². The number of sulfone groups is 1. The van der Waals surface area contributed by atoms with E-state index in [9.17, 15) is 8.42 Å². The van der Waals surface area contributed by atoms with Crippen LogP contribution >= 0.6 is 0 Å². The molecular weight excluding hydrogens is 386 g/mol. The molecule has 0 fully saturated rings. The second kappa shape index (κ2) is 7.52. The summed E-state index contributed by atoms with van der Waals surface area (Å²) in [4.78, 5) is 0.297. The monoisotopic (exact) mass is 409 g/mol. The molecule has 0 spiro atoms. The number of aromatic nitrogens is 1. The first-order valence-corrected chi connectivity index (χ1v) is 11.1. The molecule has 0 aliphatic heterocycles. The minimum atomic E-state index is -3.67. The molecule has 29 heavy (non-hydrogen) atoms. The number of benzene rings is 2. The van der Waals surface area contributed by atoms with Crippen molar-refractivity contribution in [3.63, 3.8) is 0 Å². The number of nitrogens with zero attached hydrogens (tertiary/aromatic N) is 1. The molecule has 150 valence electrons. The van der Waals surface area contributed by atoms with Crippen LogP contribution in [0.5, 0.6) is 5.75 Å². The Morgan fingerprint density at radius 3 is 2.31 bits per heavy atom. The van der Waals surface area contributed by atoms with Crippen LogP contribution in [-0.2, 0) is 14.6 Å². The van der Waals surface area contributed by atoms with E-state index in [1.807, 2.05) is 62.4 Å². The highest BCUT2D eigenvalue weighted by Crippen LogP contribution is 2.46. The van der Waals surface area contributed by atoms with Gasteiger partial charge in [-0.15, -0.1) is 0 Å². The fourth-order valence-corrected chi connectivity index (χ4v) is 5.58. The Labute approximate surface area is 170 Å². The summed E-state index contributed by atoms with van der Waals surface area (Å²) in [5, 5.41) is 4.16. The number of allylic oxidation sites excluding steroid dienone is 2. The number of rotatable bonds is 6. The Balaban J connectivity index is 1.72. The molecule has 4 rings (SSSR count). The fourth-order valence-electron chi connectivity index (χ4n) is 3.64. The maximum atomic E-state index is 13.6. The molecule has 0 N–H and O–H groups in total. The number of aryl methyl sites for hydroxylation is 1. The van der Waals surface area contributed by atoms with Crippen molar-refractivity contribution < 1.29 is 17.7 Å². The molecule has 1 aliphatic rings. The average molecular weight is 410 g/mol. The highest BCUT2D eigenvalue weighted by molar-refractivity contribution is 7.92. The Morgan fingerprint density at radius 2 is 1.69 bits per heavy atom. The Bertz CT molecular complexity index is 1120. The zero-order valence-electron chi connectivity index (χ0n) is 16.5. The standard InChI is InChI=1S/C23H23NO4S/c1-3-27-19-10-8-18(9-11-19)21-16-22(28-24-21)23(14-4-5-15-23)29(25,26)20-12-6-17(2)7-13-20/h4-13,16H,3,14-15H2,1-2H3. The molecule has 1 heterocycles. The smallest absolute Gasteiger partial charge is 0.192 e. The average Bonchev–Trinajstić information content (AvgIpc) is 3.40. The van der Waals surface area contributed by atoms with E-state index in [-0.39, 0.29) is 0 Å². The van der Waals surface area contributed by atoms with Crippen LogP contribution < -0.4 is 4.74 Å². The zero-order chi connectivity index (χ0) is 20.5. The molecule has 2 aromatic carbocycles. The van der Waals surface area contributed by atoms with Crippen molar-refractivity contribution in [3.8, 4) is 17.0 Å². The summed E-state index contributed by atoms with van der Waals surface area (Å²) in [6, 6.07) is 16.2. The van der Waals surface area contributed by atoms with Crippen molar-refractivity contribution in [1.82, 2.24) is 5.16 Å². The predicted octanol–water partition coefficient (Wildman–Crippen LogP) is 5.07. The van der Waals surface area contributed by atoms with E-state index >= 15 is 0 Å². The molecular formula is C23H23NO4S. The molecule has 6 heteroatoms. The molecule has 0 radical (unpaired) electrons. The highest BCUT2D eigenvalue weighted by Gasteiger charge is 2.49. The fraction of sp³-hybridized carbons (Fsp3) is 0.261. The van der Waals surface area contributed by atoms with E-state index < -0.39 is 14.6 Å². The molecule has 0 unspecified atom stereocenters. The van der Waals surface area contributed by atoms with Gasteiger partial charge in [-0.05, 0) is 63.1 Å². The molecule has 0 bridgehead atoms. The van der Waals surface area contributed by atoms with Gasteiger partial charge in [-0.25, -0.2) is 8.42 Å². The second-order valence-corrected chi connectivity index (χ2v) is 9.48. The maximum absolute atomic E-state index is 13.6. The Hall–Kier alpha value is -2.86. The molecule has 0 saturated heterocycles. The van der Waals surface area contributed by atoms with Crippen LogP contribution in [0.4, 0.5) is 0 Å². The Kier molecular flexibility index (Phi) is 5.04. The molecule has 5 nitrogen and oxygen atoms in total. The third-order valence-corrected chi connectivity index (χ3v) is 7.78. The number of ether oxygens (including phenoxy) is 1. The van der Waals surface area contributed by atoms with Gasteiger partial charge < -0.3 is 9.26 Å². The topological polar surface area (TPSA) is 69.4 Å². The van der Waals surface area contributed by atoms with Crippen LogP contribution in [0.3, 0.4) is 0 Å². The van der Waals surface area contributed by atoms with Crippen LogP contribution in [0.1, 0.15) is 31.1 Å². The van der Waals surface area contributed by atoms with Crippen molar-refractivity contribution in [1.29, 1.82) is 0 Å². The number of hydrogen-bond acceptors (Lipinski definition) is 5. The van der Waals surface area contributed by atoms with Crippen LogP contribution in [0.2, 0.25) is 0 Å². The largest absolute Gasteiger partial charge is 0.494 e. The first kappa shape index (κ1) is 19.5. The van der Waals surface area contributed by atoms with E-state index in [0.717, 1.165) is 16.9 Å². The molecule has 0 saturated carbocycles. The molecule has 0 amide bonds. The van der Waals surface area contributed by atoms with Gasteiger partial charge >= 0.3 is 0 Å². The van der Waals surface area contributed by atoms with E-state index in [4.69, 9.17) is 9.26 Å². The summed E-state index contributed by atoms with van der Waals surface area (Å²) in [6.45, 7) is 4.46. The summed E-state index contributed by atoms with van der Waals surface area (Å²) in [5.74, 6) is 1.14. The lowest BCUT2D eigenvalue weighted by molar-refractivity contribution is 0.340. The zero-order valence-corrected chi connectivity index (χ0v) is 17.3. The van der Waals surface area contributed by atoms with Gasteiger partial charge in [0.2, 0.25) is 0 Å². The summed E-state index contributed by atoms with van der Waals surface area (Å²) >= 11 is 0. The van der Waals surface area contributed by atoms with E-state index in [1.54, 1.807) is 18.2 Å². The van der Waals surface area contributed by atoms with Crippen LogP contribution in [0.15, 0.2) is 76.2 Å². The first-order valence-electron chi connectivity index (χ1n) is 9.63. The highest BCUT2D eigenvalue weighted by atomic mass is 32.2. The SMILES string of the molecule is CCOc1ccc(-c2cc(C3(S(=O)(=O)c4ccc(C)cc4)CC=CC3)on2)cc1. The third-order valence-electron chi connectivity index (χ3n) is 5.33. The first-order chi connectivity index (χ1) is 14.0. The normalized spacial score (nSPS) is 15.5. The molecule has 3 aromatic rings. The van der Waals surface area contributed by atoms with Crippen LogP contribution in [0, 0.1) is 6.92 Å².